The third-order valence-electron chi connectivity index (χ3n) is 5.84. The van der Waals surface area contributed by atoms with Gasteiger partial charge in [-0.3, -0.25) is 9.78 Å². The Bertz CT molecular complexity index is 792. The second kappa shape index (κ2) is 8.17. The summed E-state index contributed by atoms with van der Waals surface area (Å²) in [6.07, 6.45) is 9.64. The van der Waals surface area contributed by atoms with E-state index in [4.69, 9.17) is 0 Å². The van der Waals surface area contributed by atoms with E-state index < -0.39 is 0 Å². The van der Waals surface area contributed by atoms with E-state index in [0.29, 0.717) is 17.9 Å². The maximum atomic E-state index is 12.9. The summed E-state index contributed by atoms with van der Waals surface area (Å²) >= 11 is 0. The molecule has 0 radical (unpaired) electrons. The van der Waals surface area contributed by atoms with E-state index in [2.05, 4.69) is 32.3 Å². The number of rotatable bonds is 5. The number of nitrogens with zero attached hydrogens (tertiary/aromatic N) is 4. The molecule has 0 aromatic carbocycles. The highest BCUT2D eigenvalue weighted by Crippen LogP contribution is 2.48. The largest absolute Gasteiger partial charge is 0.381 e. The lowest BCUT2D eigenvalue weighted by atomic mass is 10.1. The second-order valence-corrected chi connectivity index (χ2v) is 8.13. The SMILES string of the molecule is CN(C)c1ccc(N[C@@H]2CCCN(C(=O)[C@@H]3C[C@H]3c3cccnc3)CC2)cn1. The van der Waals surface area contributed by atoms with Gasteiger partial charge in [-0.1, -0.05) is 6.07 Å². The molecule has 1 aliphatic carbocycles. The van der Waals surface area contributed by atoms with E-state index in [1.54, 1.807) is 6.20 Å². The van der Waals surface area contributed by atoms with Crippen LogP contribution in [0.1, 0.15) is 37.2 Å². The first kappa shape index (κ1) is 18.7. The molecule has 1 aliphatic heterocycles. The molecule has 148 valence electrons. The van der Waals surface area contributed by atoms with Crippen LogP contribution >= 0.6 is 0 Å². The van der Waals surface area contributed by atoms with E-state index in [-0.39, 0.29) is 5.92 Å². The molecular formula is C22H29N5O. The van der Waals surface area contributed by atoms with Gasteiger partial charge in [0.1, 0.15) is 5.82 Å². The molecule has 28 heavy (non-hydrogen) atoms. The molecule has 2 aromatic heterocycles. The minimum atomic E-state index is 0.150. The molecule has 0 unspecified atom stereocenters. The molecule has 6 nitrogen and oxygen atoms in total. The zero-order valence-electron chi connectivity index (χ0n) is 16.7. The number of carbonyl (C=O) groups excluding carboxylic acids is 1. The normalized spacial score (nSPS) is 24.4. The number of likely N-dealkylation sites (tertiary alicyclic amines) is 1. The molecule has 0 spiro atoms. The van der Waals surface area contributed by atoms with E-state index in [9.17, 15) is 4.79 Å². The Hall–Kier alpha value is -2.63. The highest BCUT2D eigenvalue weighted by atomic mass is 16.2. The zero-order valence-corrected chi connectivity index (χ0v) is 16.7. The van der Waals surface area contributed by atoms with Crippen LogP contribution in [0.5, 0.6) is 0 Å². The molecule has 1 saturated carbocycles. The third kappa shape index (κ3) is 4.26. The Morgan fingerprint density at radius 2 is 2.07 bits per heavy atom. The number of amides is 1. The van der Waals surface area contributed by atoms with Gasteiger partial charge in [0, 0.05) is 51.5 Å². The van der Waals surface area contributed by atoms with Gasteiger partial charge >= 0.3 is 0 Å². The molecule has 1 amide bonds. The van der Waals surface area contributed by atoms with Crippen molar-refractivity contribution < 1.29 is 4.79 Å². The molecule has 4 rings (SSSR count). The van der Waals surface area contributed by atoms with Gasteiger partial charge in [0.2, 0.25) is 5.91 Å². The zero-order chi connectivity index (χ0) is 19.5. The monoisotopic (exact) mass is 379 g/mol. The lowest BCUT2D eigenvalue weighted by Crippen LogP contribution is -2.34. The van der Waals surface area contributed by atoms with Gasteiger partial charge in [0.05, 0.1) is 11.9 Å². The quantitative estimate of drug-likeness (QED) is 0.865. The lowest BCUT2D eigenvalue weighted by molar-refractivity contribution is -0.132. The van der Waals surface area contributed by atoms with Gasteiger partial charge in [0.25, 0.3) is 0 Å². The van der Waals surface area contributed by atoms with Gasteiger partial charge in [-0.2, -0.15) is 0 Å². The molecule has 3 heterocycles. The maximum Gasteiger partial charge on any atom is 0.226 e. The number of aromatic nitrogens is 2. The van der Waals surface area contributed by atoms with Gasteiger partial charge in [-0.15, -0.1) is 0 Å². The topological polar surface area (TPSA) is 61.4 Å². The molecule has 2 fully saturated rings. The van der Waals surface area contributed by atoms with Crippen molar-refractivity contribution in [2.75, 3.05) is 37.4 Å². The van der Waals surface area contributed by atoms with Gasteiger partial charge < -0.3 is 15.1 Å². The van der Waals surface area contributed by atoms with Crippen molar-refractivity contribution in [3.8, 4) is 0 Å². The summed E-state index contributed by atoms with van der Waals surface area (Å²) in [6.45, 7) is 1.70. The summed E-state index contributed by atoms with van der Waals surface area (Å²) in [5.41, 5.74) is 2.25. The van der Waals surface area contributed by atoms with Crippen LogP contribution in [0.25, 0.3) is 0 Å². The van der Waals surface area contributed by atoms with Crippen molar-refractivity contribution in [2.24, 2.45) is 5.92 Å². The van der Waals surface area contributed by atoms with Crippen LogP contribution in [-0.2, 0) is 4.79 Å². The van der Waals surface area contributed by atoms with Crippen LogP contribution in [0, 0.1) is 5.92 Å². The number of pyridine rings is 2. The summed E-state index contributed by atoms with van der Waals surface area (Å²) in [5.74, 6) is 1.79. The number of carbonyl (C=O) groups is 1. The van der Waals surface area contributed by atoms with E-state index in [0.717, 1.165) is 50.3 Å². The predicted molar refractivity (Wildman–Crippen MR) is 111 cm³/mol. The summed E-state index contributed by atoms with van der Waals surface area (Å²) in [4.78, 5) is 25.7. The second-order valence-electron chi connectivity index (χ2n) is 8.13. The van der Waals surface area contributed by atoms with Crippen molar-refractivity contribution in [3.63, 3.8) is 0 Å². The highest BCUT2D eigenvalue weighted by Gasteiger charge is 2.45. The number of hydrogen-bond acceptors (Lipinski definition) is 5. The average Bonchev–Trinajstić information content (AvgIpc) is 3.53. The van der Waals surface area contributed by atoms with Crippen molar-refractivity contribution in [1.29, 1.82) is 0 Å². The van der Waals surface area contributed by atoms with Gasteiger partial charge in [0.15, 0.2) is 0 Å². The standard InChI is InChI=1S/C22H29N5O/c1-26(2)21-8-7-18(15-24-21)25-17-6-4-11-27(12-9-17)22(28)20-13-19(20)16-5-3-10-23-14-16/h3,5,7-8,10,14-15,17,19-20,25H,4,6,9,11-13H2,1-2H3/t17-,19+,20-/m1/s1. The van der Waals surface area contributed by atoms with Crippen molar-refractivity contribution in [2.45, 2.75) is 37.6 Å². The Balaban J connectivity index is 1.30. The average molecular weight is 380 g/mol. The first-order chi connectivity index (χ1) is 13.6. The van der Waals surface area contributed by atoms with Crippen LogP contribution in [0.2, 0.25) is 0 Å². The number of nitrogens with one attached hydrogen (secondary N) is 1. The minimum absolute atomic E-state index is 0.150. The summed E-state index contributed by atoms with van der Waals surface area (Å²) in [5, 5.41) is 3.60. The van der Waals surface area contributed by atoms with Crippen LogP contribution in [0.4, 0.5) is 11.5 Å². The fourth-order valence-corrected chi connectivity index (χ4v) is 4.10. The fourth-order valence-electron chi connectivity index (χ4n) is 4.10. The van der Waals surface area contributed by atoms with Crippen LogP contribution in [-0.4, -0.2) is 54.0 Å². The first-order valence-corrected chi connectivity index (χ1v) is 10.2. The summed E-state index contributed by atoms with van der Waals surface area (Å²) in [6, 6.07) is 8.54. The molecule has 1 N–H and O–H groups in total. The smallest absolute Gasteiger partial charge is 0.226 e. The Kier molecular flexibility index (Phi) is 5.46. The van der Waals surface area contributed by atoms with Crippen molar-refractivity contribution in [1.82, 2.24) is 14.9 Å². The van der Waals surface area contributed by atoms with Gasteiger partial charge in [-0.05, 0) is 55.4 Å². The van der Waals surface area contributed by atoms with Crippen molar-refractivity contribution >= 4 is 17.4 Å². The van der Waals surface area contributed by atoms with Crippen LogP contribution < -0.4 is 10.2 Å². The van der Waals surface area contributed by atoms with E-state index in [1.807, 2.05) is 43.5 Å². The van der Waals surface area contributed by atoms with E-state index >= 15 is 0 Å². The Labute approximate surface area is 167 Å². The van der Waals surface area contributed by atoms with Gasteiger partial charge in [-0.25, -0.2) is 4.98 Å². The minimum Gasteiger partial charge on any atom is -0.381 e. The van der Waals surface area contributed by atoms with E-state index in [1.165, 1.54) is 5.56 Å². The summed E-state index contributed by atoms with van der Waals surface area (Å²) in [7, 11) is 3.98. The molecule has 3 atom stereocenters. The number of anilines is 2. The molecule has 1 saturated heterocycles. The van der Waals surface area contributed by atoms with Crippen LogP contribution in [0.15, 0.2) is 42.9 Å². The van der Waals surface area contributed by atoms with Crippen LogP contribution in [0.3, 0.4) is 0 Å². The number of hydrogen-bond donors (Lipinski definition) is 1. The Morgan fingerprint density at radius 1 is 1.18 bits per heavy atom. The molecule has 2 aliphatic rings. The highest BCUT2D eigenvalue weighted by molar-refractivity contribution is 5.83. The predicted octanol–water partition coefficient (Wildman–Crippen LogP) is 3.14. The lowest BCUT2D eigenvalue weighted by Gasteiger charge is -2.21. The first-order valence-electron chi connectivity index (χ1n) is 10.2. The third-order valence-corrected chi connectivity index (χ3v) is 5.84. The summed E-state index contributed by atoms with van der Waals surface area (Å²) < 4.78 is 0. The maximum absolute atomic E-state index is 12.9. The fraction of sp³-hybridized carbons (Fsp3) is 0.500. The molecule has 0 bridgehead atoms. The van der Waals surface area contributed by atoms with Crippen molar-refractivity contribution in [3.05, 3.63) is 48.4 Å². The molecule has 2 aromatic rings. The molecule has 6 heteroatoms. The molecular weight excluding hydrogens is 350 g/mol. The Morgan fingerprint density at radius 3 is 2.79 bits per heavy atom.